The van der Waals surface area contributed by atoms with Gasteiger partial charge in [-0.1, -0.05) is 73.5 Å². The van der Waals surface area contributed by atoms with Crippen molar-refractivity contribution in [1.29, 1.82) is 0 Å². The number of benzene rings is 4. The smallest absolute Gasteiger partial charge is 0.477 e. The average Bonchev–Trinajstić information content (AvgIpc) is 3.28. The Bertz CT molecular complexity index is 1820. The Balaban J connectivity index is 0.00000461. The number of nitrogens with zero attached hydrogens (tertiary/aromatic N) is 1. The molecule has 4 aromatic carbocycles. The van der Waals surface area contributed by atoms with E-state index in [0.29, 0.717) is 15.9 Å². The van der Waals surface area contributed by atoms with Gasteiger partial charge < -0.3 is 19.7 Å². The first kappa shape index (κ1) is 34.1. The number of amides is 1. The summed E-state index contributed by atoms with van der Waals surface area (Å²) < 4.78 is 43.2. The Morgan fingerprint density at radius 3 is 2.22 bits per heavy atom. The van der Waals surface area contributed by atoms with Crippen LogP contribution in [-0.2, 0) is 13.0 Å². The van der Waals surface area contributed by atoms with Gasteiger partial charge in [-0.3, -0.25) is 4.79 Å². The first-order valence-electron chi connectivity index (χ1n) is 13.9. The number of hydrogen-bond donors (Lipinski definition) is 2. The van der Waals surface area contributed by atoms with Crippen molar-refractivity contribution < 1.29 is 32.6 Å². The molecule has 227 valence electrons. The molecule has 0 aliphatic rings. The van der Waals surface area contributed by atoms with Crippen LogP contribution in [-0.4, -0.2) is 57.5 Å². The van der Waals surface area contributed by atoms with Crippen molar-refractivity contribution in [1.82, 2.24) is 4.57 Å². The minimum atomic E-state index is -4.87. The number of rotatable bonds is 10. The quantitative estimate of drug-likeness (QED) is 0.149. The molecule has 1 heterocycles. The minimum absolute atomic E-state index is 0. The monoisotopic (exact) mass is 643 g/mol. The number of carboxylic acid groups (broad SMARTS) is 1. The van der Waals surface area contributed by atoms with E-state index in [0.717, 1.165) is 48.1 Å². The summed E-state index contributed by atoms with van der Waals surface area (Å²) in [7, 11) is 0. The second-order valence-electron chi connectivity index (χ2n) is 10.3. The molecule has 45 heavy (non-hydrogen) atoms. The second kappa shape index (κ2) is 14.6. The van der Waals surface area contributed by atoms with Gasteiger partial charge in [0.1, 0.15) is 5.75 Å². The number of aromatic nitrogens is 1. The largest absolute Gasteiger partial charge is 0.573 e. The van der Waals surface area contributed by atoms with E-state index in [9.17, 15) is 27.9 Å². The molecule has 0 spiro atoms. The van der Waals surface area contributed by atoms with E-state index in [4.69, 9.17) is 11.6 Å². The summed E-state index contributed by atoms with van der Waals surface area (Å²) in [6.07, 6.45) is -1.69. The molecule has 1 aromatic heterocycles. The standard InChI is InChI=1S/C34H28ClF3N2O4.Na/c1-2-3-5-21-8-10-23(11-9-21)25-14-17-28-29(19-25)40(20-22-6-4-7-26(35)18-22)31(33(42)43)30(28)39-32(41)24-12-15-27(16-13-24)44-34(36,37)38;/h4,6-19H,2-3,5,20H2,1H3,(H,39,41)(H,42,43);. The van der Waals surface area contributed by atoms with Gasteiger partial charge in [0.15, 0.2) is 5.69 Å². The minimum Gasteiger partial charge on any atom is -0.477 e. The maximum Gasteiger partial charge on any atom is 0.573 e. The Hall–Kier alpha value is -3.76. The molecular weight excluding hydrogens is 616 g/mol. The number of aromatic carboxylic acids is 1. The molecule has 11 heteroatoms. The summed E-state index contributed by atoms with van der Waals surface area (Å²) >= 11 is 6.22. The van der Waals surface area contributed by atoms with E-state index in [2.05, 4.69) is 29.1 Å². The van der Waals surface area contributed by atoms with Crippen LogP contribution in [0.25, 0.3) is 22.0 Å². The van der Waals surface area contributed by atoms with Gasteiger partial charge in [0.2, 0.25) is 0 Å². The van der Waals surface area contributed by atoms with E-state index < -0.39 is 24.0 Å². The number of carboxylic acids is 1. The van der Waals surface area contributed by atoms with E-state index in [1.165, 1.54) is 17.7 Å². The zero-order chi connectivity index (χ0) is 31.4. The van der Waals surface area contributed by atoms with Crippen molar-refractivity contribution in [3.05, 3.63) is 118 Å². The summed E-state index contributed by atoms with van der Waals surface area (Å²) in [5, 5.41) is 14.0. The maximum atomic E-state index is 13.2. The number of nitrogens with one attached hydrogen (secondary N) is 1. The number of carbonyl (C=O) groups excluding carboxylic acids is 1. The molecule has 2 N–H and O–H groups in total. The number of anilines is 1. The predicted molar refractivity (Wildman–Crippen MR) is 170 cm³/mol. The first-order valence-corrected chi connectivity index (χ1v) is 14.3. The zero-order valence-electron chi connectivity index (χ0n) is 24.6. The van der Waals surface area contributed by atoms with Gasteiger partial charge in [0.05, 0.1) is 11.2 Å². The summed E-state index contributed by atoms with van der Waals surface area (Å²) in [6, 6.07) is 25.1. The molecular formula is C34H28ClF3N2NaO4. The van der Waals surface area contributed by atoms with Gasteiger partial charge in [-0.2, -0.15) is 0 Å². The fourth-order valence-corrected chi connectivity index (χ4v) is 5.31. The van der Waals surface area contributed by atoms with Crippen molar-refractivity contribution >= 4 is 69.6 Å². The maximum absolute atomic E-state index is 13.2. The molecule has 5 aromatic rings. The van der Waals surface area contributed by atoms with Crippen molar-refractivity contribution in [2.24, 2.45) is 0 Å². The van der Waals surface area contributed by atoms with E-state index in [1.807, 2.05) is 30.3 Å². The Kier molecular flexibility index (Phi) is 11.0. The molecule has 0 unspecified atom stereocenters. The number of carbonyl (C=O) groups is 2. The van der Waals surface area contributed by atoms with E-state index >= 15 is 0 Å². The second-order valence-corrected chi connectivity index (χ2v) is 10.7. The Morgan fingerprint density at radius 1 is 0.911 bits per heavy atom. The summed E-state index contributed by atoms with van der Waals surface area (Å²) in [5.41, 5.74) is 4.29. The van der Waals surface area contributed by atoms with E-state index in [-0.39, 0.29) is 53.0 Å². The fraction of sp³-hybridized carbons (Fsp3) is 0.176. The van der Waals surface area contributed by atoms with E-state index in [1.54, 1.807) is 28.8 Å². The molecule has 1 radical (unpaired) electrons. The van der Waals surface area contributed by atoms with Crippen molar-refractivity contribution in [3.8, 4) is 16.9 Å². The number of fused-ring (bicyclic) bond motifs is 1. The topological polar surface area (TPSA) is 80.6 Å². The normalized spacial score (nSPS) is 11.2. The predicted octanol–water partition coefficient (Wildman–Crippen LogP) is 8.82. The molecule has 0 aliphatic carbocycles. The zero-order valence-corrected chi connectivity index (χ0v) is 27.4. The first-order chi connectivity index (χ1) is 21.0. The number of alkyl halides is 3. The van der Waals surface area contributed by atoms with Crippen molar-refractivity contribution in [2.45, 2.75) is 39.1 Å². The third kappa shape index (κ3) is 8.29. The van der Waals surface area contributed by atoms with Crippen LogP contribution >= 0.6 is 11.6 Å². The number of unbranched alkanes of at least 4 members (excludes halogenated alkanes) is 1. The van der Waals surface area contributed by atoms with Gasteiger partial charge in [-0.05, 0) is 77.6 Å². The number of ether oxygens (including phenoxy) is 1. The number of hydrogen-bond acceptors (Lipinski definition) is 3. The van der Waals surface area contributed by atoms with Gasteiger partial charge in [0.25, 0.3) is 5.91 Å². The van der Waals surface area contributed by atoms with Crippen molar-refractivity contribution in [2.75, 3.05) is 5.32 Å². The van der Waals surface area contributed by atoms with Crippen LogP contribution in [0.2, 0.25) is 5.02 Å². The molecule has 6 nitrogen and oxygen atoms in total. The third-order valence-electron chi connectivity index (χ3n) is 7.19. The molecule has 5 rings (SSSR count). The van der Waals surface area contributed by atoms with Crippen LogP contribution < -0.4 is 10.1 Å². The van der Waals surface area contributed by atoms with Crippen LogP contribution in [0.15, 0.2) is 91.0 Å². The van der Waals surface area contributed by atoms with Crippen LogP contribution in [0.1, 0.15) is 51.7 Å². The van der Waals surface area contributed by atoms with Gasteiger partial charge in [-0.15, -0.1) is 13.2 Å². The van der Waals surface area contributed by atoms with Crippen LogP contribution in [0.5, 0.6) is 5.75 Å². The number of aryl methyl sites for hydroxylation is 1. The summed E-state index contributed by atoms with van der Waals surface area (Å²) in [4.78, 5) is 26.0. The molecule has 1 amide bonds. The van der Waals surface area contributed by atoms with Gasteiger partial charge in [-0.25, -0.2) is 4.79 Å². The summed E-state index contributed by atoms with van der Waals surface area (Å²) in [5.74, 6) is -2.45. The van der Waals surface area contributed by atoms with Gasteiger partial charge in [0, 0.05) is 52.1 Å². The van der Waals surface area contributed by atoms with Crippen LogP contribution in [0.3, 0.4) is 0 Å². The average molecular weight is 644 g/mol. The van der Waals surface area contributed by atoms with Crippen LogP contribution in [0, 0.1) is 0 Å². The molecule has 0 saturated carbocycles. The Morgan fingerprint density at radius 2 is 1.60 bits per heavy atom. The number of halogens is 4. The SMILES string of the molecule is CCCCc1ccc(-c2ccc3c(NC(=O)c4ccc(OC(F)(F)F)cc4)c(C(=O)O)n(Cc4cccc(Cl)c4)c3c2)cc1.[Na]. The third-order valence-corrected chi connectivity index (χ3v) is 7.43. The molecule has 0 atom stereocenters. The summed E-state index contributed by atoms with van der Waals surface area (Å²) in [6.45, 7) is 2.30. The Labute approximate surface area is 285 Å². The molecule has 0 saturated heterocycles. The van der Waals surface area contributed by atoms with Crippen LogP contribution in [0.4, 0.5) is 18.9 Å². The fourth-order valence-electron chi connectivity index (χ4n) is 5.10. The molecule has 0 fully saturated rings. The van der Waals surface area contributed by atoms with Gasteiger partial charge >= 0.3 is 12.3 Å². The molecule has 0 aliphatic heterocycles. The molecule has 0 bridgehead atoms. The van der Waals surface area contributed by atoms with Crippen molar-refractivity contribution in [3.63, 3.8) is 0 Å².